The van der Waals surface area contributed by atoms with Gasteiger partial charge in [0, 0.05) is 31.1 Å². The number of piperidine rings is 1. The summed E-state index contributed by atoms with van der Waals surface area (Å²) in [5.41, 5.74) is 1.53. The first kappa shape index (κ1) is 20.4. The van der Waals surface area contributed by atoms with Gasteiger partial charge in [-0.1, -0.05) is 54.8 Å². The number of rotatable bonds is 5. The van der Waals surface area contributed by atoms with E-state index in [9.17, 15) is 0 Å². The molecule has 2 fully saturated rings. The van der Waals surface area contributed by atoms with Gasteiger partial charge in [0.25, 0.3) is 0 Å². The summed E-state index contributed by atoms with van der Waals surface area (Å²) in [7, 11) is 0. The Balaban J connectivity index is 1.41. The van der Waals surface area contributed by atoms with Crippen molar-refractivity contribution in [1.29, 1.82) is 0 Å². The van der Waals surface area contributed by atoms with E-state index in [1.165, 1.54) is 50.5 Å². The second-order valence-electron chi connectivity index (χ2n) is 8.08. The van der Waals surface area contributed by atoms with Gasteiger partial charge in [-0.3, -0.25) is 0 Å². The molecule has 0 unspecified atom stereocenters. The Morgan fingerprint density at radius 2 is 1.76 bits per heavy atom. The molecule has 1 aliphatic heterocycles. The summed E-state index contributed by atoms with van der Waals surface area (Å²) in [5, 5.41) is 7.53. The summed E-state index contributed by atoms with van der Waals surface area (Å²) in [4.78, 5) is 11.2. The lowest BCUT2D eigenvalue weighted by molar-refractivity contribution is 0.435. The van der Waals surface area contributed by atoms with Crippen molar-refractivity contribution in [3.05, 3.63) is 47.1 Å². The Bertz CT molecular complexity index is 832. The van der Waals surface area contributed by atoms with Gasteiger partial charge in [-0.25, -0.2) is 4.98 Å². The molecule has 0 radical (unpaired) electrons. The molecule has 4 rings (SSSR count). The lowest BCUT2D eigenvalue weighted by Crippen LogP contribution is -2.41. The Morgan fingerprint density at radius 3 is 2.48 bits per heavy atom. The first-order valence-corrected chi connectivity index (χ1v) is 11.3. The molecule has 154 valence electrons. The number of hydrogen-bond acceptors (Lipinski definition) is 4. The van der Waals surface area contributed by atoms with Crippen LogP contribution in [0.5, 0.6) is 0 Å². The fourth-order valence-electron chi connectivity index (χ4n) is 4.55. The molecule has 1 saturated carbocycles. The van der Waals surface area contributed by atoms with E-state index < -0.39 is 0 Å². The van der Waals surface area contributed by atoms with E-state index in [4.69, 9.17) is 23.8 Å². The van der Waals surface area contributed by atoms with E-state index in [1.807, 2.05) is 6.07 Å². The summed E-state index contributed by atoms with van der Waals surface area (Å²) in [5.74, 6) is 1.32. The highest BCUT2D eigenvalue weighted by Crippen LogP contribution is 2.40. The van der Waals surface area contributed by atoms with Crippen LogP contribution in [-0.2, 0) is 5.41 Å². The molecular formula is C22H28ClN5S. The van der Waals surface area contributed by atoms with Crippen molar-refractivity contribution < 1.29 is 0 Å². The number of aromatic nitrogens is 2. The highest BCUT2D eigenvalue weighted by atomic mass is 35.5. The molecule has 1 aromatic carbocycles. The second-order valence-corrected chi connectivity index (χ2v) is 8.88. The Labute approximate surface area is 183 Å². The minimum atomic E-state index is 0.140. The van der Waals surface area contributed by atoms with Crippen molar-refractivity contribution in [1.82, 2.24) is 15.3 Å². The number of benzene rings is 1. The smallest absolute Gasteiger partial charge is 0.232 e. The maximum absolute atomic E-state index is 6.25. The zero-order chi connectivity index (χ0) is 20.1. The quantitative estimate of drug-likeness (QED) is 0.519. The van der Waals surface area contributed by atoms with Crippen molar-refractivity contribution in [2.45, 2.75) is 50.4 Å². The Kier molecular flexibility index (Phi) is 6.50. The van der Waals surface area contributed by atoms with E-state index in [1.54, 1.807) is 0 Å². The van der Waals surface area contributed by atoms with Gasteiger partial charge < -0.3 is 15.5 Å². The fraction of sp³-hybridized carbons (Fsp3) is 0.500. The molecule has 1 saturated heterocycles. The minimum Gasteiger partial charge on any atom is -0.361 e. The van der Waals surface area contributed by atoms with Gasteiger partial charge in [-0.2, -0.15) is 4.98 Å². The molecule has 0 atom stereocenters. The maximum atomic E-state index is 6.25. The van der Waals surface area contributed by atoms with Crippen molar-refractivity contribution in [2.75, 3.05) is 29.9 Å². The van der Waals surface area contributed by atoms with Crippen LogP contribution in [0.15, 0.2) is 36.4 Å². The third-order valence-electron chi connectivity index (χ3n) is 6.12. The predicted molar refractivity (Wildman–Crippen MR) is 124 cm³/mol. The first-order chi connectivity index (χ1) is 14.1. The summed E-state index contributed by atoms with van der Waals surface area (Å²) in [6.07, 6.45) is 8.52. The number of halogens is 1. The third kappa shape index (κ3) is 4.98. The monoisotopic (exact) mass is 429 g/mol. The molecule has 2 aliphatic rings. The third-order valence-corrected chi connectivity index (χ3v) is 6.56. The number of nitrogens with one attached hydrogen (secondary N) is 2. The molecule has 1 aromatic heterocycles. The Morgan fingerprint density at radius 1 is 1.03 bits per heavy atom. The van der Waals surface area contributed by atoms with Crippen LogP contribution in [0, 0.1) is 0 Å². The summed E-state index contributed by atoms with van der Waals surface area (Å²) in [6, 6.07) is 12.6. The van der Waals surface area contributed by atoms with E-state index in [2.05, 4.69) is 55.8 Å². The van der Waals surface area contributed by atoms with E-state index in [0.717, 1.165) is 25.5 Å². The standard InChI is InChI=1S/C22H28ClN5S/c23-18-15-19(28-13-7-2-8-14-28)26-20(25-18)27-21(29)24-16-22(11-5-6-12-22)17-9-3-1-4-10-17/h1,3-4,9-10,15H,2,5-8,11-14,16H2,(H2,24,25,26,27,29). The molecule has 0 bridgehead atoms. The molecular weight excluding hydrogens is 402 g/mol. The van der Waals surface area contributed by atoms with Crippen molar-refractivity contribution in [2.24, 2.45) is 0 Å². The van der Waals surface area contributed by atoms with Gasteiger partial charge in [-0.15, -0.1) is 0 Å². The molecule has 1 aliphatic carbocycles. The van der Waals surface area contributed by atoms with Gasteiger partial charge in [0.15, 0.2) is 5.11 Å². The normalized spacial score (nSPS) is 18.4. The van der Waals surface area contributed by atoms with Gasteiger partial charge in [0.1, 0.15) is 11.0 Å². The molecule has 0 spiro atoms. The van der Waals surface area contributed by atoms with E-state index >= 15 is 0 Å². The largest absolute Gasteiger partial charge is 0.361 e. The first-order valence-electron chi connectivity index (χ1n) is 10.5. The van der Waals surface area contributed by atoms with Gasteiger partial charge in [-0.05, 0) is 49.9 Å². The highest BCUT2D eigenvalue weighted by molar-refractivity contribution is 7.80. The van der Waals surface area contributed by atoms with Crippen LogP contribution < -0.4 is 15.5 Å². The van der Waals surface area contributed by atoms with Crippen LogP contribution >= 0.6 is 23.8 Å². The predicted octanol–water partition coefficient (Wildman–Crippen LogP) is 4.92. The number of nitrogens with zero attached hydrogens (tertiary/aromatic N) is 3. The zero-order valence-corrected chi connectivity index (χ0v) is 18.2. The topological polar surface area (TPSA) is 53.1 Å². The summed E-state index contributed by atoms with van der Waals surface area (Å²) in [6.45, 7) is 2.83. The zero-order valence-electron chi connectivity index (χ0n) is 16.7. The van der Waals surface area contributed by atoms with Gasteiger partial charge in [0.05, 0.1) is 0 Å². The molecule has 2 aromatic rings. The van der Waals surface area contributed by atoms with Crippen molar-refractivity contribution >= 4 is 40.7 Å². The highest BCUT2D eigenvalue weighted by Gasteiger charge is 2.35. The van der Waals surface area contributed by atoms with Crippen LogP contribution in [0.25, 0.3) is 0 Å². The van der Waals surface area contributed by atoms with Crippen LogP contribution in [0.1, 0.15) is 50.5 Å². The summed E-state index contributed by atoms with van der Waals surface area (Å²) >= 11 is 11.8. The lowest BCUT2D eigenvalue weighted by Gasteiger charge is -2.30. The van der Waals surface area contributed by atoms with Crippen molar-refractivity contribution in [3.8, 4) is 0 Å². The number of thiocarbonyl (C=S) groups is 1. The minimum absolute atomic E-state index is 0.140. The second kappa shape index (κ2) is 9.26. The van der Waals surface area contributed by atoms with Crippen LogP contribution in [0.3, 0.4) is 0 Å². The number of anilines is 2. The molecule has 2 N–H and O–H groups in total. The molecule has 5 nitrogen and oxygen atoms in total. The van der Waals surface area contributed by atoms with E-state index in [-0.39, 0.29) is 5.41 Å². The van der Waals surface area contributed by atoms with Crippen LogP contribution in [-0.4, -0.2) is 34.7 Å². The average Bonchev–Trinajstić information content (AvgIpc) is 3.23. The molecule has 29 heavy (non-hydrogen) atoms. The van der Waals surface area contributed by atoms with Crippen molar-refractivity contribution in [3.63, 3.8) is 0 Å². The number of hydrogen-bond donors (Lipinski definition) is 2. The lowest BCUT2D eigenvalue weighted by atomic mass is 9.79. The van der Waals surface area contributed by atoms with Crippen LogP contribution in [0.4, 0.5) is 11.8 Å². The maximum Gasteiger partial charge on any atom is 0.232 e. The SMILES string of the molecule is S=C(NCC1(c2ccccc2)CCCC1)Nc1nc(Cl)cc(N2CCCCC2)n1. The Hall–Kier alpha value is -1.92. The fourth-order valence-corrected chi connectivity index (χ4v) is 4.89. The van der Waals surface area contributed by atoms with E-state index in [0.29, 0.717) is 16.2 Å². The molecule has 0 amide bonds. The summed E-state index contributed by atoms with van der Waals surface area (Å²) < 4.78 is 0. The molecule has 7 heteroatoms. The average molecular weight is 430 g/mol. The molecule has 2 heterocycles. The van der Waals surface area contributed by atoms with Crippen LogP contribution in [0.2, 0.25) is 5.15 Å². The van der Waals surface area contributed by atoms with Gasteiger partial charge in [0.2, 0.25) is 5.95 Å². The van der Waals surface area contributed by atoms with Gasteiger partial charge >= 0.3 is 0 Å².